The lowest BCUT2D eigenvalue weighted by atomic mass is 9.95. The van der Waals surface area contributed by atoms with Gasteiger partial charge in [-0.15, -0.1) is 0 Å². The Hall–Kier alpha value is -2.76. The molecule has 2 N–H and O–H groups in total. The van der Waals surface area contributed by atoms with E-state index in [1.165, 1.54) is 31.2 Å². The van der Waals surface area contributed by atoms with E-state index in [1.807, 2.05) is 12.1 Å². The molecule has 3 atom stereocenters. The minimum Gasteiger partial charge on any atom is -0.351 e. The van der Waals surface area contributed by atoms with Crippen molar-refractivity contribution < 1.29 is 0 Å². The van der Waals surface area contributed by atoms with Gasteiger partial charge in [0.2, 0.25) is 5.95 Å². The van der Waals surface area contributed by atoms with Crippen molar-refractivity contribution in [1.29, 1.82) is 0 Å². The van der Waals surface area contributed by atoms with E-state index in [1.54, 1.807) is 12.5 Å². The maximum absolute atomic E-state index is 4.73. The molecule has 0 spiro atoms. The van der Waals surface area contributed by atoms with Gasteiger partial charge in [0.1, 0.15) is 17.4 Å². The van der Waals surface area contributed by atoms with Crippen molar-refractivity contribution in [2.45, 2.75) is 38.6 Å². The highest BCUT2D eigenvalue weighted by molar-refractivity contribution is 5.87. The number of hydrogen-bond acceptors (Lipinski definition) is 6. The number of aromatic nitrogens is 4. The van der Waals surface area contributed by atoms with Crippen molar-refractivity contribution in [3.05, 3.63) is 42.4 Å². The van der Waals surface area contributed by atoms with E-state index in [0.29, 0.717) is 17.8 Å². The van der Waals surface area contributed by atoms with Crippen LogP contribution in [0.5, 0.6) is 0 Å². The molecule has 0 radical (unpaired) electrons. The Morgan fingerprint density at radius 1 is 1.08 bits per heavy atom. The van der Waals surface area contributed by atoms with Gasteiger partial charge in [-0.2, -0.15) is 0 Å². The molecule has 2 aromatic heterocycles. The third-order valence-corrected chi connectivity index (χ3v) is 5.71. The minimum atomic E-state index is 0.504. The van der Waals surface area contributed by atoms with Crippen LogP contribution in [0.3, 0.4) is 0 Å². The summed E-state index contributed by atoms with van der Waals surface area (Å²) in [5.41, 5.74) is 3.68. The second-order valence-corrected chi connectivity index (χ2v) is 7.57. The fourth-order valence-corrected chi connectivity index (χ4v) is 4.46. The molecule has 132 valence electrons. The molecule has 3 aromatic rings. The molecule has 0 aliphatic heterocycles. The van der Waals surface area contributed by atoms with Crippen molar-refractivity contribution in [3.63, 3.8) is 0 Å². The number of anilines is 3. The van der Waals surface area contributed by atoms with Crippen LogP contribution in [0, 0.1) is 18.8 Å². The fourth-order valence-electron chi connectivity index (χ4n) is 4.46. The zero-order valence-corrected chi connectivity index (χ0v) is 14.8. The summed E-state index contributed by atoms with van der Waals surface area (Å²) in [6, 6.07) is 8.71. The van der Waals surface area contributed by atoms with Crippen LogP contribution in [0.1, 0.15) is 31.2 Å². The molecule has 2 fully saturated rings. The summed E-state index contributed by atoms with van der Waals surface area (Å²) in [4.78, 5) is 17.9. The number of aryl methyl sites for hydroxylation is 1. The monoisotopic (exact) mass is 346 g/mol. The molecular formula is C20H22N6. The second-order valence-electron chi connectivity index (χ2n) is 7.57. The maximum Gasteiger partial charge on any atom is 0.223 e. The smallest absolute Gasteiger partial charge is 0.223 e. The molecule has 3 unspecified atom stereocenters. The van der Waals surface area contributed by atoms with Crippen molar-refractivity contribution in [2.75, 3.05) is 10.6 Å². The van der Waals surface area contributed by atoms with Gasteiger partial charge in [-0.05, 0) is 55.7 Å². The number of nitrogens with zero attached hydrogens (tertiary/aromatic N) is 4. The molecule has 6 nitrogen and oxygen atoms in total. The number of benzene rings is 1. The quantitative estimate of drug-likeness (QED) is 0.741. The van der Waals surface area contributed by atoms with Crippen molar-refractivity contribution in [2.24, 2.45) is 11.8 Å². The van der Waals surface area contributed by atoms with Crippen LogP contribution in [0.4, 0.5) is 17.5 Å². The third-order valence-electron chi connectivity index (χ3n) is 5.71. The largest absolute Gasteiger partial charge is 0.351 e. The first-order chi connectivity index (χ1) is 12.7. The molecule has 2 bridgehead atoms. The van der Waals surface area contributed by atoms with Gasteiger partial charge < -0.3 is 10.6 Å². The van der Waals surface area contributed by atoms with Gasteiger partial charge in [-0.1, -0.05) is 18.6 Å². The zero-order valence-electron chi connectivity index (χ0n) is 14.8. The molecule has 0 amide bonds. The van der Waals surface area contributed by atoms with Crippen LogP contribution >= 0.6 is 0 Å². The van der Waals surface area contributed by atoms with E-state index in [2.05, 4.69) is 44.6 Å². The molecule has 2 heterocycles. The van der Waals surface area contributed by atoms with E-state index in [-0.39, 0.29) is 0 Å². The fraction of sp³-hybridized carbons (Fsp3) is 0.400. The molecule has 0 saturated heterocycles. The molecule has 2 aliphatic rings. The topological polar surface area (TPSA) is 75.6 Å². The summed E-state index contributed by atoms with van der Waals surface area (Å²) in [7, 11) is 0. The SMILES string of the molecule is Cc1cccc(Nc2ncnc3cnc(NC4CC5CCC4C5)nc23)c1. The third kappa shape index (κ3) is 2.85. The average Bonchev–Trinajstić information content (AvgIpc) is 3.25. The van der Waals surface area contributed by atoms with Crippen LogP contribution in [0.2, 0.25) is 0 Å². The van der Waals surface area contributed by atoms with Gasteiger partial charge in [0.15, 0.2) is 5.82 Å². The van der Waals surface area contributed by atoms with Gasteiger partial charge in [-0.25, -0.2) is 19.9 Å². The van der Waals surface area contributed by atoms with E-state index < -0.39 is 0 Å². The Labute approximate surface area is 152 Å². The number of hydrogen-bond donors (Lipinski definition) is 2. The maximum atomic E-state index is 4.73. The summed E-state index contributed by atoms with van der Waals surface area (Å²) in [5.74, 6) is 3.05. The van der Waals surface area contributed by atoms with Crippen molar-refractivity contribution >= 4 is 28.5 Å². The van der Waals surface area contributed by atoms with Crippen LogP contribution < -0.4 is 10.6 Å². The lowest BCUT2D eigenvalue weighted by molar-refractivity contribution is 0.438. The Morgan fingerprint density at radius 3 is 2.85 bits per heavy atom. The number of fused-ring (bicyclic) bond motifs is 3. The first kappa shape index (κ1) is 15.5. The molecule has 6 heteroatoms. The predicted octanol–water partition coefficient (Wildman–Crippen LogP) is 4.07. The first-order valence-corrected chi connectivity index (χ1v) is 9.32. The van der Waals surface area contributed by atoms with E-state index in [0.717, 1.165) is 28.6 Å². The Kier molecular flexibility index (Phi) is 3.69. The average molecular weight is 346 g/mol. The molecular weight excluding hydrogens is 324 g/mol. The summed E-state index contributed by atoms with van der Waals surface area (Å²) in [6.45, 7) is 2.07. The van der Waals surface area contributed by atoms with E-state index in [4.69, 9.17) is 4.98 Å². The number of nitrogens with one attached hydrogen (secondary N) is 2. The van der Waals surface area contributed by atoms with Gasteiger partial charge in [-0.3, -0.25) is 0 Å². The standard InChI is InChI=1S/C20H22N6/c1-12-3-2-4-15(7-12)24-19-18-17(22-11-23-19)10-21-20(26-18)25-16-9-13-5-6-14(16)8-13/h2-4,7,10-11,13-14,16H,5-6,8-9H2,1H3,(H,21,25,26)(H,22,23,24). The zero-order chi connectivity index (χ0) is 17.5. The van der Waals surface area contributed by atoms with Crippen LogP contribution in [-0.4, -0.2) is 26.0 Å². The lowest BCUT2D eigenvalue weighted by Gasteiger charge is -2.22. The van der Waals surface area contributed by atoms with Gasteiger partial charge in [0.25, 0.3) is 0 Å². The summed E-state index contributed by atoms with van der Waals surface area (Å²) in [5, 5.41) is 6.93. The minimum absolute atomic E-state index is 0.504. The summed E-state index contributed by atoms with van der Waals surface area (Å²) < 4.78 is 0. The predicted molar refractivity (Wildman–Crippen MR) is 102 cm³/mol. The highest BCUT2D eigenvalue weighted by Gasteiger charge is 2.39. The first-order valence-electron chi connectivity index (χ1n) is 9.32. The van der Waals surface area contributed by atoms with Crippen molar-refractivity contribution in [3.8, 4) is 0 Å². The lowest BCUT2D eigenvalue weighted by Crippen LogP contribution is -2.26. The van der Waals surface area contributed by atoms with Gasteiger partial charge >= 0.3 is 0 Å². The van der Waals surface area contributed by atoms with E-state index >= 15 is 0 Å². The Morgan fingerprint density at radius 2 is 2.04 bits per heavy atom. The van der Waals surface area contributed by atoms with Crippen molar-refractivity contribution in [1.82, 2.24) is 19.9 Å². The summed E-state index contributed by atoms with van der Waals surface area (Å²) in [6.07, 6.45) is 8.65. The second kappa shape index (κ2) is 6.20. The normalized spacial score (nSPS) is 24.1. The van der Waals surface area contributed by atoms with Crippen LogP contribution in [0.15, 0.2) is 36.8 Å². The molecule has 5 rings (SSSR count). The molecule has 2 saturated carbocycles. The van der Waals surface area contributed by atoms with Crippen LogP contribution in [0.25, 0.3) is 11.0 Å². The summed E-state index contributed by atoms with van der Waals surface area (Å²) >= 11 is 0. The Bertz CT molecular complexity index is 956. The Balaban J connectivity index is 1.45. The highest BCUT2D eigenvalue weighted by Crippen LogP contribution is 2.45. The molecule has 2 aliphatic carbocycles. The van der Waals surface area contributed by atoms with Gasteiger partial charge in [0.05, 0.1) is 6.20 Å². The van der Waals surface area contributed by atoms with E-state index in [9.17, 15) is 0 Å². The molecule has 1 aromatic carbocycles. The van der Waals surface area contributed by atoms with Crippen LogP contribution in [-0.2, 0) is 0 Å². The number of rotatable bonds is 4. The molecule has 26 heavy (non-hydrogen) atoms. The van der Waals surface area contributed by atoms with Gasteiger partial charge in [0, 0.05) is 11.7 Å². The highest BCUT2D eigenvalue weighted by atomic mass is 15.1.